The van der Waals surface area contributed by atoms with Crippen LogP contribution in [0.2, 0.25) is 0 Å². The number of anilines is 1. The second kappa shape index (κ2) is 8.87. The zero-order valence-corrected chi connectivity index (χ0v) is 15.4. The molecule has 0 aliphatic heterocycles. The highest BCUT2D eigenvalue weighted by molar-refractivity contribution is 5.97. The number of carbonyl (C=O) groups excluding carboxylic acids is 1. The Morgan fingerprint density at radius 1 is 1.28 bits per heavy atom. The van der Waals surface area contributed by atoms with Crippen LogP contribution in [-0.4, -0.2) is 25.2 Å². The van der Waals surface area contributed by atoms with Gasteiger partial charge in [-0.1, -0.05) is 39.5 Å². The molecule has 1 saturated carbocycles. The van der Waals surface area contributed by atoms with Crippen LogP contribution >= 0.6 is 0 Å². The number of hydrogen-bond donors (Lipinski definition) is 1. The SMILES string of the molecule is COC1(C(=O)Nc2ccc(OCC(C)C)c(C#N)c2)CCCCCC1. The van der Waals surface area contributed by atoms with Crippen LogP contribution in [0.15, 0.2) is 18.2 Å². The van der Waals surface area contributed by atoms with Crippen LogP contribution in [0.1, 0.15) is 57.9 Å². The molecule has 0 saturated heterocycles. The van der Waals surface area contributed by atoms with Crippen LogP contribution < -0.4 is 10.1 Å². The van der Waals surface area contributed by atoms with E-state index in [0.29, 0.717) is 29.5 Å². The van der Waals surface area contributed by atoms with E-state index in [0.717, 1.165) is 38.5 Å². The van der Waals surface area contributed by atoms with E-state index in [1.807, 2.05) is 0 Å². The normalized spacial score (nSPS) is 16.8. The van der Waals surface area contributed by atoms with Crippen LogP contribution in [0.4, 0.5) is 5.69 Å². The van der Waals surface area contributed by atoms with E-state index in [4.69, 9.17) is 9.47 Å². The van der Waals surface area contributed by atoms with Gasteiger partial charge in [-0.2, -0.15) is 5.26 Å². The predicted molar refractivity (Wildman–Crippen MR) is 97.6 cm³/mol. The van der Waals surface area contributed by atoms with E-state index in [9.17, 15) is 10.1 Å². The van der Waals surface area contributed by atoms with E-state index in [1.54, 1.807) is 25.3 Å². The fourth-order valence-corrected chi connectivity index (χ4v) is 3.15. The van der Waals surface area contributed by atoms with Crippen molar-refractivity contribution >= 4 is 11.6 Å². The smallest absolute Gasteiger partial charge is 0.256 e. The standard InChI is InChI=1S/C20H28N2O3/c1-15(2)14-25-18-9-8-17(12-16(18)13-21)22-19(23)20(24-3)10-6-4-5-7-11-20/h8-9,12,15H,4-7,10-11,14H2,1-3H3,(H,22,23). The molecule has 5 nitrogen and oxygen atoms in total. The summed E-state index contributed by atoms with van der Waals surface area (Å²) in [4.78, 5) is 12.8. The van der Waals surface area contributed by atoms with Crippen molar-refractivity contribution in [3.05, 3.63) is 23.8 Å². The van der Waals surface area contributed by atoms with Crippen LogP contribution in [0, 0.1) is 17.2 Å². The molecule has 1 aliphatic carbocycles. The minimum absolute atomic E-state index is 0.128. The van der Waals surface area contributed by atoms with E-state index >= 15 is 0 Å². The van der Waals surface area contributed by atoms with Gasteiger partial charge in [0.1, 0.15) is 17.4 Å². The lowest BCUT2D eigenvalue weighted by Gasteiger charge is -2.29. The maximum atomic E-state index is 12.8. The van der Waals surface area contributed by atoms with Crippen LogP contribution in [0.5, 0.6) is 5.75 Å². The van der Waals surface area contributed by atoms with Gasteiger partial charge in [0.05, 0.1) is 12.2 Å². The summed E-state index contributed by atoms with van der Waals surface area (Å²) in [6.45, 7) is 4.66. The van der Waals surface area contributed by atoms with Crippen molar-refractivity contribution in [3.63, 3.8) is 0 Å². The highest BCUT2D eigenvalue weighted by Crippen LogP contribution is 2.32. The maximum Gasteiger partial charge on any atom is 0.256 e. The zero-order chi connectivity index (χ0) is 18.3. The van der Waals surface area contributed by atoms with Crippen molar-refractivity contribution in [1.29, 1.82) is 5.26 Å². The molecule has 5 heteroatoms. The van der Waals surface area contributed by atoms with Crippen LogP contribution in [-0.2, 0) is 9.53 Å². The van der Waals surface area contributed by atoms with E-state index in [1.165, 1.54) is 0 Å². The molecule has 1 aliphatic rings. The molecule has 0 heterocycles. The maximum absolute atomic E-state index is 12.8. The third-order valence-corrected chi connectivity index (χ3v) is 4.65. The molecule has 0 unspecified atom stereocenters. The summed E-state index contributed by atoms with van der Waals surface area (Å²) in [7, 11) is 1.61. The number of methoxy groups -OCH3 is 1. The molecule has 2 rings (SSSR count). The first-order valence-corrected chi connectivity index (χ1v) is 9.04. The number of benzene rings is 1. The van der Waals surface area contributed by atoms with Gasteiger partial charge in [0.2, 0.25) is 0 Å². The summed E-state index contributed by atoms with van der Waals surface area (Å²) in [5, 5.41) is 12.3. The molecule has 1 aromatic rings. The number of nitrogens with one attached hydrogen (secondary N) is 1. The van der Waals surface area contributed by atoms with Crippen molar-refractivity contribution in [1.82, 2.24) is 0 Å². The Hall–Kier alpha value is -2.06. The fourth-order valence-electron chi connectivity index (χ4n) is 3.15. The number of nitriles is 1. The Morgan fingerprint density at radius 2 is 1.96 bits per heavy atom. The van der Waals surface area contributed by atoms with Gasteiger partial charge in [0.15, 0.2) is 0 Å². The van der Waals surface area contributed by atoms with Gasteiger partial charge in [-0.05, 0) is 37.0 Å². The molecule has 0 spiro atoms. The number of amides is 1. The summed E-state index contributed by atoms with van der Waals surface area (Å²) >= 11 is 0. The molecule has 0 atom stereocenters. The van der Waals surface area contributed by atoms with Crippen molar-refractivity contribution < 1.29 is 14.3 Å². The summed E-state index contributed by atoms with van der Waals surface area (Å²) in [6, 6.07) is 7.31. The van der Waals surface area contributed by atoms with Crippen molar-refractivity contribution in [2.45, 2.75) is 58.0 Å². The molecular weight excluding hydrogens is 316 g/mol. The lowest BCUT2D eigenvalue weighted by atomic mass is 9.93. The molecule has 1 amide bonds. The first kappa shape index (κ1) is 19.3. The summed E-state index contributed by atoms with van der Waals surface area (Å²) < 4.78 is 11.3. The Bertz CT molecular complexity index is 626. The summed E-state index contributed by atoms with van der Waals surface area (Å²) in [5.74, 6) is 0.796. The molecule has 25 heavy (non-hydrogen) atoms. The lowest BCUT2D eigenvalue weighted by Crippen LogP contribution is -2.44. The number of nitrogens with zero attached hydrogens (tertiary/aromatic N) is 1. The minimum Gasteiger partial charge on any atom is -0.492 e. The number of hydrogen-bond acceptors (Lipinski definition) is 4. The van der Waals surface area contributed by atoms with Gasteiger partial charge in [-0.15, -0.1) is 0 Å². The highest BCUT2D eigenvalue weighted by atomic mass is 16.5. The lowest BCUT2D eigenvalue weighted by molar-refractivity contribution is -0.139. The van der Waals surface area contributed by atoms with Gasteiger partial charge in [-0.25, -0.2) is 0 Å². The molecule has 0 radical (unpaired) electrons. The van der Waals surface area contributed by atoms with Crippen molar-refractivity contribution in [2.24, 2.45) is 5.92 Å². The topological polar surface area (TPSA) is 71.3 Å². The Morgan fingerprint density at radius 3 is 2.52 bits per heavy atom. The fraction of sp³-hybridized carbons (Fsp3) is 0.600. The number of ether oxygens (including phenoxy) is 2. The van der Waals surface area contributed by atoms with Gasteiger partial charge in [-0.3, -0.25) is 4.79 Å². The second-order valence-electron chi connectivity index (χ2n) is 7.09. The van der Waals surface area contributed by atoms with Gasteiger partial charge >= 0.3 is 0 Å². The quantitative estimate of drug-likeness (QED) is 0.782. The van der Waals surface area contributed by atoms with E-state index in [2.05, 4.69) is 25.2 Å². The monoisotopic (exact) mass is 344 g/mol. The zero-order valence-electron chi connectivity index (χ0n) is 15.4. The molecule has 1 N–H and O–H groups in total. The van der Waals surface area contributed by atoms with Crippen molar-refractivity contribution in [2.75, 3.05) is 19.0 Å². The molecule has 1 aromatic carbocycles. The minimum atomic E-state index is -0.768. The predicted octanol–water partition coefficient (Wildman–Crippen LogP) is 4.27. The van der Waals surface area contributed by atoms with Gasteiger partial charge < -0.3 is 14.8 Å². The largest absolute Gasteiger partial charge is 0.492 e. The van der Waals surface area contributed by atoms with Gasteiger partial charge in [0.25, 0.3) is 5.91 Å². The Labute approximate surface area is 150 Å². The highest BCUT2D eigenvalue weighted by Gasteiger charge is 2.38. The third kappa shape index (κ3) is 4.96. The molecule has 136 valence electrons. The average molecular weight is 344 g/mol. The Balaban J connectivity index is 2.13. The second-order valence-corrected chi connectivity index (χ2v) is 7.09. The molecule has 1 fully saturated rings. The molecule has 0 aromatic heterocycles. The summed E-state index contributed by atoms with van der Waals surface area (Å²) in [6.07, 6.45) is 5.73. The molecule has 0 bridgehead atoms. The first-order valence-electron chi connectivity index (χ1n) is 9.04. The van der Waals surface area contributed by atoms with E-state index in [-0.39, 0.29) is 5.91 Å². The Kier molecular flexibility index (Phi) is 6.83. The van der Waals surface area contributed by atoms with Crippen LogP contribution in [0.3, 0.4) is 0 Å². The first-order chi connectivity index (χ1) is 12.0. The summed E-state index contributed by atoms with van der Waals surface area (Å²) in [5.41, 5.74) is 0.251. The molecular formula is C20H28N2O3. The van der Waals surface area contributed by atoms with E-state index < -0.39 is 5.60 Å². The van der Waals surface area contributed by atoms with Crippen LogP contribution in [0.25, 0.3) is 0 Å². The average Bonchev–Trinajstić information content (AvgIpc) is 2.86. The number of rotatable bonds is 6. The number of carbonyl (C=O) groups is 1. The third-order valence-electron chi connectivity index (χ3n) is 4.65. The van der Waals surface area contributed by atoms with Gasteiger partial charge in [0, 0.05) is 12.8 Å². The van der Waals surface area contributed by atoms with Crippen molar-refractivity contribution in [3.8, 4) is 11.8 Å².